The SMILES string of the molecule is CC.CCC(C)(C)OCCC(C)(C)c1cn(CNC(C)C)nn1.OS. The van der Waals surface area contributed by atoms with Gasteiger partial charge in [0, 0.05) is 18.1 Å². The van der Waals surface area contributed by atoms with Crippen LogP contribution in [0.25, 0.3) is 0 Å². The van der Waals surface area contributed by atoms with Gasteiger partial charge >= 0.3 is 0 Å². The first-order chi connectivity index (χ1) is 11.7. The van der Waals surface area contributed by atoms with Crippen molar-refractivity contribution in [2.45, 2.75) is 98.9 Å². The van der Waals surface area contributed by atoms with Gasteiger partial charge in [-0.25, -0.2) is 4.68 Å². The van der Waals surface area contributed by atoms with Crippen molar-refractivity contribution in [3.8, 4) is 0 Å². The number of hydrogen-bond acceptors (Lipinski definition) is 6. The molecule has 0 aliphatic carbocycles. The van der Waals surface area contributed by atoms with E-state index < -0.39 is 0 Å². The van der Waals surface area contributed by atoms with Crippen molar-refractivity contribution in [3.05, 3.63) is 11.9 Å². The number of nitrogens with zero attached hydrogens (tertiary/aromatic N) is 3. The van der Waals surface area contributed by atoms with E-state index in [9.17, 15) is 0 Å². The lowest BCUT2D eigenvalue weighted by molar-refractivity contribution is -0.0265. The Bertz CT molecular complexity index is 434. The summed E-state index contributed by atoms with van der Waals surface area (Å²) < 4.78 is 14.5. The molecule has 0 bridgehead atoms. The number of ether oxygens (including phenoxy) is 1. The quantitative estimate of drug-likeness (QED) is 0.436. The Kier molecular flexibility index (Phi) is 14.4. The van der Waals surface area contributed by atoms with Gasteiger partial charge in [-0.2, -0.15) is 0 Å². The third-order valence-corrected chi connectivity index (χ3v) is 3.96. The molecule has 0 atom stereocenters. The van der Waals surface area contributed by atoms with Crippen molar-refractivity contribution in [3.63, 3.8) is 0 Å². The van der Waals surface area contributed by atoms with Gasteiger partial charge in [-0.15, -0.1) is 5.10 Å². The fourth-order valence-electron chi connectivity index (χ4n) is 1.77. The summed E-state index contributed by atoms with van der Waals surface area (Å²) in [5, 5.41) is 11.8. The zero-order chi connectivity index (χ0) is 20.1. The summed E-state index contributed by atoms with van der Waals surface area (Å²) in [7, 11) is 0. The van der Waals surface area contributed by atoms with Crippen molar-refractivity contribution < 1.29 is 9.29 Å². The van der Waals surface area contributed by atoms with Crippen LogP contribution in [0.1, 0.15) is 80.8 Å². The molecule has 0 saturated carbocycles. The van der Waals surface area contributed by atoms with Gasteiger partial charge in [-0.1, -0.05) is 39.8 Å². The van der Waals surface area contributed by atoms with Gasteiger partial charge < -0.3 is 9.29 Å². The molecule has 0 spiro atoms. The number of nitrogens with one attached hydrogen (secondary N) is 1. The molecule has 0 aliphatic heterocycles. The minimum atomic E-state index is -0.0468. The van der Waals surface area contributed by atoms with E-state index in [4.69, 9.17) is 9.29 Å². The molecule has 150 valence electrons. The Labute approximate surface area is 160 Å². The lowest BCUT2D eigenvalue weighted by Gasteiger charge is -2.27. The van der Waals surface area contributed by atoms with Crippen LogP contribution in [0.2, 0.25) is 0 Å². The highest BCUT2D eigenvalue weighted by atomic mass is 32.1. The summed E-state index contributed by atoms with van der Waals surface area (Å²) in [6.45, 7) is 20.5. The predicted molar refractivity (Wildman–Crippen MR) is 109 cm³/mol. The molecule has 1 heterocycles. The average molecular weight is 377 g/mol. The van der Waals surface area contributed by atoms with Gasteiger partial charge in [-0.3, -0.25) is 5.32 Å². The molecular weight excluding hydrogens is 336 g/mol. The molecule has 7 heteroatoms. The van der Waals surface area contributed by atoms with Crippen molar-refractivity contribution in [1.82, 2.24) is 20.3 Å². The molecule has 1 rings (SSSR count). The van der Waals surface area contributed by atoms with Crippen LogP contribution in [0.5, 0.6) is 0 Å². The molecule has 0 amide bonds. The smallest absolute Gasteiger partial charge is 0.0923 e. The second-order valence-electron chi connectivity index (χ2n) is 7.26. The van der Waals surface area contributed by atoms with Gasteiger partial charge in [0.15, 0.2) is 0 Å². The van der Waals surface area contributed by atoms with Crippen LogP contribution in [0.4, 0.5) is 0 Å². The highest BCUT2D eigenvalue weighted by Gasteiger charge is 2.25. The number of rotatable bonds is 9. The van der Waals surface area contributed by atoms with Gasteiger partial charge in [0.25, 0.3) is 0 Å². The zero-order valence-electron chi connectivity index (χ0n) is 17.6. The molecule has 0 saturated heterocycles. The topological polar surface area (TPSA) is 72.2 Å². The van der Waals surface area contributed by atoms with Crippen LogP contribution in [-0.2, 0) is 16.8 Å². The minimum absolute atomic E-state index is 0.0279. The summed E-state index contributed by atoms with van der Waals surface area (Å²) in [6, 6.07) is 0.440. The molecule has 0 aromatic carbocycles. The fraction of sp³-hybridized carbons (Fsp3) is 0.889. The van der Waals surface area contributed by atoms with E-state index in [1.54, 1.807) is 0 Å². The van der Waals surface area contributed by atoms with Crippen molar-refractivity contribution >= 4 is 12.9 Å². The summed E-state index contributed by atoms with van der Waals surface area (Å²) >= 11 is 2.53. The van der Waals surface area contributed by atoms with E-state index in [0.29, 0.717) is 12.7 Å². The van der Waals surface area contributed by atoms with Gasteiger partial charge in [-0.05, 0) is 53.4 Å². The first-order valence-electron chi connectivity index (χ1n) is 9.14. The van der Waals surface area contributed by atoms with Gasteiger partial charge in [0.1, 0.15) is 0 Å². The maximum absolute atomic E-state index is 6.69. The van der Waals surface area contributed by atoms with Crippen molar-refractivity contribution in [2.75, 3.05) is 6.61 Å². The summed E-state index contributed by atoms with van der Waals surface area (Å²) in [5.41, 5.74) is 0.945. The average Bonchev–Trinajstić information content (AvgIpc) is 3.06. The Morgan fingerprint density at radius 2 is 1.80 bits per heavy atom. The normalized spacial score (nSPS) is 11.5. The summed E-state index contributed by atoms with van der Waals surface area (Å²) in [4.78, 5) is 0. The Morgan fingerprint density at radius 3 is 2.28 bits per heavy atom. The fourth-order valence-corrected chi connectivity index (χ4v) is 1.77. The predicted octanol–water partition coefficient (Wildman–Crippen LogP) is 4.52. The van der Waals surface area contributed by atoms with Gasteiger partial charge in [0.05, 0.1) is 24.2 Å². The van der Waals surface area contributed by atoms with E-state index in [1.807, 2.05) is 24.7 Å². The van der Waals surface area contributed by atoms with E-state index in [-0.39, 0.29) is 11.0 Å². The highest BCUT2D eigenvalue weighted by molar-refractivity contribution is 7.74. The Balaban J connectivity index is 0. The number of hydrogen-bond donors (Lipinski definition) is 3. The monoisotopic (exact) mass is 376 g/mol. The van der Waals surface area contributed by atoms with Crippen LogP contribution in [0.15, 0.2) is 6.20 Å². The van der Waals surface area contributed by atoms with E-state index >= 15 is 0 Å². The van der Waals surface area contributed by atoms with Gasteiger partial charge in [0.2, 0.25) is 0 Å². The lowest BCUT2D eigenvalue weighted by atomic mass is 9.86. The second-order valence-corrected chi connectivity index (χ2v) is 7.26. The second kappa shape index (κ2) is 13.6. The molecule has 0 unspecified atom stereocenters. The van der Waals surface area contributed by atoms with E-state index in [0.717, 1.165) is 25.1 Å². The Hall–Kier alpha value is -0.630. The van der Waals surface area contributed by atoms with Crippen molar-refractivity contribution in [2.24, 2.45) is 0 Å². The molecule has 6 nitrogen and oxygen atoms in total. The molecule has 0 radical (unpaired) electrons. The van der Waals surface area contributed by atoms with Crippen LogP contribution in [0.3, 0.4) is 0 Å². The molecular formula is C18H40N4O2S. The Morgan fingerprint density at radius 1 is 1.24 bits per heavy atom. The minimum Gasteiger partial charge on any atom is -0.376 e. The van der Waals surface area contributed by atoms with Crippen LogP contribution in [-0.4, -0.2) is 37.8 Å². The molecule has 25 heavy (non-hydrogen) atoms. The summed E-state index contributed by atoms with van der Waals surface area (Å²) in [5.74, 6) is 0. The number of aromatic nitrogens is 3. The van der Waals surface area contributed by atoms with Crippen molar-refractivity contribution in [1.29, 1.82) is 0 Å². The maximum atomic E-state index is 6.69. The highest BCUT2D eigenvalue weighted by Crippen LogP contribution is 2.26. The van der Waals surface area contributed by atoms with Crippen LogP contribution in [0, 0.1) is 0 Å². The van der Waals surface area contributed by atoms with E-state index in [2.05, 4.69) is 77.0 Å². The molecule has 0 fully saturated rings. The first-order valence-corrected chi connectivity index (χ1v) is 9.54. The standard InChI is InChI=1S/C16H32N4O.C2H6.H2OS/c1-8-16(6,7)21-10-9-15(4,5)14-11-20(19-18-14)12-17-13(2)3;2*1-2/h11,13,17H,8-10,12H2,1-7H3;1-2H3;1-2H. The molecule has 1 aromatic rings. The zero-order valence-corrected chi connectivity index (χ0v) is 18.5. The third kappa shape index (κ3) is 11.6. The molecule has 1 aromatic heterocycles. The third-order valence-electron chi connectivity index (χ3n) is 3.96. The maximum Gasteiger partial charge on any atom is 0.0923 e. The molecule has 0 aliphatic rings. The first kappa shape index (κ1) is 26.6. The van der Waals surface area contributed by atoms with Crippen LogP contribution >= 0.6 is 12.9 Å². The largest absolute Gasteiger partial charge is 0.376 e. The van der Waals surface area contributed by atoms with E-state index in [1.165, 1.54) is 0 Å². The lowest BCUT2D eigenvalue weighted by Crippen LogP contribution is -2.27. The number of thiol groups is 1. The molecule has 2 N–H and O–H groups in total. The van der Waals surface area contributed by atoms with Crippen LogP contribution < -0.4 is 5.32 Å². The summed E-state index contributed by atoms with van der Waals surface area (Å²) in [6.07, 6.45) is 3.98.